The molecule has 120 valence electrons. The van der Waals surface area contributed by atoms with Gasteiger partial charge in [0.15, 0.2) is 0 Å². The molecule has 0 bridgehead atoms. The van der Waals surface area contributed by atoms with Gasteiger partial charge in [0.1, 0.15) is 0 Å². The van der Waals surface area contributed by atoms with Crippen molar-refractivity contribution in [3.63, 3.8) is 0 Å². The van der Waals surface area contributed by atoms with E-state index in [2.05, 4.69) is 0 Å². The number of carbonyl (C=O) groups excluding carboxylic acids is 1. The first kappa shape index (κ1) is 15.7. The van der Waals surface area contributed by atoms with Crippen molar-refractivity contribution < 1.29 is 14.7 Å². The number of benzene rings is 1. The smallest absolute Gasteiger partial charge is 0.314 e. The van der Waals surface area contributed by atoms with Crippen molar-refractivity contribution >= 4 is 23.2 Å². The number of amides is 1. The van der Waals surface area contributed by atoms with Crippen molar-refractivity contribution in [3.8, 4) is 0 Å². The van der Waals surface area contributed by atoms with Crippen LogP contribution in [0.3, 0.4) is 0 Å². The zero-order valence-corrected chi connectivity index (χ0v) is 13.6. The summed E-state index contributed by atoms with van der Waals surface area (Å²) in [5, 5.41) is 11.7. The summed E-state index contributed by atoms with van der Waals surface area (Å²) in [6.07, 6.45) is 1.33. The van der Waals surface area contributed by atoms with Crippen LogP contribution in [0.15, 0.2) is 47.8 Å². The van der Waals surface area contributed by atoms with Crippen LogP contribution in [0, 0.1) is 0 Å². The Labute approximate surface area is 139 Å². The molecular weight excluding hydrogens is 310 g/mol. The van der Waals surface area contributed by atoms with E-state index in [0.717, 1.165) is 10.4 Å². The topological polar surface area (TPSA) is 57.6 Å². The van der Waals surface area contributed by atoms with Gasteiger partial charge in [-0.15, -0.1) is 11.3 Å². The van der Waals surface area contributed by atoms with Crippen LogP contribution in [0.1, 0.15) is 23.3 Å². The van der Waals surface area contributed by atoms with Crippen LogP contribution >= 0.6 is 11.3 Å². The van der Waals surface area contributed by atoms with Gasteiger partial charge in [-0.3, -0.25) is 9.59 Å². The van der Waals surface area contributed by atoms with Gasteiger partial charge in [0.25, 0.3) is 0 Å². The van der Waals surface area contributed by atoms with E-state index in [0.29, 0.717) is 32.4 Å². The number of aliphatic carboxylic acids is 1. The van der Waals surface area contributed by atoms with Gasteiger partial charge in [0.2, 0.25) is 5.91 Å². The second-order valence-corrected chi connectivity index (χ2v) is 6.92. The quantitative estimate of drug-likeness (QED) is 0.938. The van der Waals surface area contributed by atoms with Crippen molar-refractivity contribution in [2.24, 2.45) is 0 Å². The molecule has 0 saturated carbocycles. The molecule has 0 atom stereocenters. The van der Waals surface area contributed by atoms with E-state index < -0.39 is 11.4 Å². The maximum atomic E-state index is 12.4. The van der Waals surface area contributed by atoms with Gasteiger partial charge in [-0.05, 0) is 29.9 Å². The lowest BCUT2D eigenvalue weighted by atomic mass is 9.73. The molecule has 1 aromatic heterocycles. The average Bonchev–Trinajstić information content (AvgIpc) is 3.08. The highest BCUT2D eigenvalue weighted by Crippen LogP contribution is 2.36. The predicted octanol–water partition coefficient (Wildman–Crippen LogP) is 2.94. The van der Waals surface area contributed by atoms with Crippen LogP contribution in [-0.4, -0.2) is 35.0 Å². The maximum absolute atomic E-state index is 12.4. The summed E-state index contributed by atoms with van der Waals surface area (Å²) in [5.74, 6) is -0.714. The summed E-state index contributed by atoms with van der Waals surface area (Å²) < 4.78 is 0. The molecule has 2 aromatic rings. The number of thiophene rings is 1. The van der Waals surface area contributed by atoms with Crippen molar-refractivity contribution in [1.82, 2.24) is 4.90 Å². The second-order valence-electron chi connectivity index (χ2n) is 5.89. The monoisotopic (exact) mass is 329 g/mol. The molecule has 0 unspecified atom stereocenters. The Morgan fingerprint density at radius 1 is 1.09 bits per heavy atom. The fourth-order valence-electron chi connectivity index (χ4n) is 3.20. The molecule has 2 heterocycles. The standard InChI is InChI=1S/C18H19NO3S/c20-16(13-15-7-4-12-23-15)19-10-8-18(9-11-19,17(21)22)14-5-2-1-3-6-14/h1-7,12H,8-11,13H2,(H,21,22). The summed E-state index contributed by atoms with van der Waals surface area (Å²) in [6.45, 7) is 0.983. The molecule has 1 saturated heterocycles. The molecule has 1 amide bonds. The number of nitrogens with zero attached hydrogens (tertiary/aromatic N) is 1. The van der Waals surface area contributed by atoms with E-state index in [9.17, 15) is 14.7 Å². The summed E-state index contributed by atoms with van der Waals surface area (Å²) in [5.41, 5.74) is -0.0427. The highest BCUT2D eigenvalue weighted by Gasteiger charge is 2.43. The van der Waals surface area contributed by atoms with E-state index in [1.54, 1.807) is 16.2 Å². The third-order valence-electron chi connectivity index (χ3n) is 4.61. The lowest BCUT2D eigenvalue weighted by Gasteiger charge is -2.39. The molecule has 0 aliphatic carbocycles. The summed E-state index contributed by atoms with van der Waals surface area (Å²) in [7, 11) is 0. The van der Waals surface area contributed by atoms with Crippen LogP contribution in [0.25, 0.3) is 0 Å². The number of carboxylic acid groups (broad SMARTS) is 1. The van der Waals surface area contributed by atoms with E-state index in [4.69, 9.17) is 0 Å². The Kier molecular flexibility index (Phi) is 4.48. The lowest BCUT2D eigenvalue weighted by molar-refractivity contribution is -0.148. The predicted molar refractivity (Wildman–Crippen MR) is 89.6 cm³/mol. The van der Waals surface area contributed by atoms with E-state index in [1.165, 1.54) is 0 Å². The Morgan fingerprint density at radius 2 is 1.78 bits per heavy atom. The highest BCUT2D eigenvalue weighted by molar-refractivity contribution is 7.10. The van der Waals surface area contributed by atoms with Gasteiger partial charge in [0.05, 0.1) is 11.8 Å². The zero-order valence-electron chi connectivity index (χ0n) is 12.8. The maximum Gasteiger partial charge on any atom is 0.314 e. The average molecular weight is 329 g/mol. The highest BCUT2D eigenvalue weighted by atomic mass is 32.1. The van der Waals surface area contributed by atoms with E-state index in [-0.39, 0.29) is 5.91 Å². The Bertz CT molecular complexity index is 674. The van der Waals surface area contributed by atoms with Crippen molar-refractivity contribution in [3.05, 3.63) is 58.3 Å². The zero-order chi connectivity index (χ0) is 16.3. The summed E-state index contributed by atoms with van der Waals surface area (Å²) in [6, 6.07) is 13.3. The minimum Gasteiger partial charge on any atom is -0.481 e. The number of carboxylic acids is 1. The van der Waals surface area contributed by atoms with Crippen LogP contribution in [0.4, 0.5) is 0 Å². The number of hydrogen-bond acceptors (Lipinski definition) is 3. The minimum atomic E-state index is -0.874. The first-order chi connectivity index (χ1) is 11.1. The first-order valence-electron chi connectivity index (χ1n) is 7.71. The number of likely N-dealkylation sites (tertiary alicyclic amines) is 1. The van der Waals surface area contributed by atoms with E-state index >= 15 is 0 Å². The Morgan fingerprint density at radius 3 is 2.35 bits per heavy atom. The Balaban J connectivity index is 1.70. The van der Waals surface area contributed by atoms with Crippen LogP contribution in [-0.2, 0) is 21.4 Å². The molecule has 0 radical (unpaired) electrons. The minimum absolute atomic E-state index is 0.0829. The Hall–Kier alpha value is -2.14. The number of rotatable bonds is 4. The van der Waals surface area contributed by atoms with Crippen molar-refractivity contribution in [2.75, 3.05) is 13.1 Å². The van der Waals surface area contributed by atoms with Gasteiger partial charge in [-0.2, -0.15) is 0 Å². The second kappa shape index (κ2) is 6.54. The largest absolute Gasteiger partial charge is 0.481 e. The normalized spacial score (nSPS) is 17.0. The molecule has 3 rings (SSSR count). The molecule has 1 aliphatic rings. The molecular formula is C18H19NO3S. The van der Waals surface area contributed by atoms with Crippen molar-refractivity contribution in [2.45, 2.75) is 24.7 Å². The van der Waals surface area contributed by atoms with Gasteiger partial charge < -0.3 is 10.0 Å². The molecule has 1 aromatic carbocycles. The van der Waals surface area contributed by atoms with Gasteiger partial charge in [0, 0.05) is 18.0 Å². The van der Waals surface area contributed by atoms with Gasteiger partial charge in [-0.1, -0.05) is 36.4 Å². The van der Waals surface area contributed by atoms with Crippen LogP contribution in [0.5, 0.6) is 0 Å². The molecule has 0 spiro atoms. The third-order valence-corrected chi connectivity index (χ3v) is 5.49. The lowest BCUT2D eigenvalue weighted by Crippen LogP contribution is -2.49. The fraction of sp³-hybridized carbons (Fsp3) is 0.333. The fourth-order valence-corrected chi connectivity index (χ4v) is 3.89. The molecule has 4 nitrogen and oxygen atoms in total. The SMILES string of the molecule is O=C(Cc1cccs1)N1CCC(C(=O)O)(c2ccccc2)CC1. The molecule has 1 aliphatic heterocycles. The van der Waals surface area contributed by atoms with Crippen molar-refractivity contribution in [1.29, 1.82) is 0 Å². The molecule has 1 fully saturated rings. The molecule has 5 heteroatoms. The summed E-state index contributed by atoms with van der Waals surface area (Å²) >= 11 is 1.58. The van der Waals surface area contributed by atoms with Gasteiger partial charge >= 0.3 is 5.97 Å². The number of piperidine rings is 1. The molecule has 1 N–H and O–H groups in total. The molecule has 23 heavy (non-hydrogen) atoms. The van der Waals surface area contributed by atoms with Crippen LogP contribution < -0.4 is 0 Å². The summed E-state index contributed by atoms with van der Waals surface area (Å²) in [4.78, 5) is 27.1. The third kappa shape index (κ3) is 3.15. The van der Waals surface area contributed by atoms with E-state index in [1.807, 2.05) is 47.8 Å². The number of hydrogen-bond donors (Lipinski definition) is 1. The first-order valence-corrected chi connectivity index (χ1v) is 8.59. The number of carbonyl (C=O) groups is 2. The van der Waals surface area contributed by atoms with Gasteiger partial charge in [-0.25, -0.2) is 0 Å². The van der Waals surface area contributed by atoms with Crippen LogP contribution in [0.2, 0.25) is 0 Å².